The van der Waals surface area contributed by atoms with Crippen molar-refractivity contribution in [3.8, 4) is 5.69 Å². The quantitative estimate of drug-likeness (QED) is 0.931. The second kappa shape index (κ2) is 5.45. The molecule has 100 valence electrons. The van der Waals surface area contributed by atoms with E-state index in [1.807, 2.05) is 19.1 Å². The van der Waals surface area contributed by atoms with Gasteiger partial charge >= 0.3 is 5.97 Å². The van der Waals surface area contributed by atoms with Crippen LogP contribution in [0.25, 0.3) is 5.69 Å². The van der Waals surface area contributed by atoms with E-state index in [0.717, 1.165) is 12.1 Å². The van der Waals surface area contributed by atoms with Gasteiger partial charge in [-0.1, -0.05) is 24.9 Å². The summed E-state index contributed by atoms with van der Waals surface area (Å²) in [5, 5.41) is 14.4. The summed E-state index contributed by atoms with van der Waals surface area (Å²) in [5.41, 5.74) is 2.38. The van der Waals surface area contributed by atoms with Gasteiger partial charge in [0.1, 0.15) is 5.56 Å². The molecule has 0 aliphatic heterocycles. The van der Waals surface area contributed by atoms with Crippen LogP contribution in [0.3, 0.4) is 0 Å². The summed E-state index contributed by atoms with van der Waals surface area (Å²) >= 11 is 5.85. The summed E-state index contributed by atoms with van der Waals surface area (Å²) in [6.45, 7) is 3.77. The molecular weight excluding hydrogens is 264 g/mol. The van der Waals surface area contributed by atoms with Crippen LogP contribution in [0.15, 0.2) is 24.3 Å². The number of rotatable bonds is 4. The normalized spacial score (nSPS) is 10.7. The number of aromatic nitrogens is 2. The van der Waals surface area contributed by atoms with Crippen LogP contribution in [0.4, 0.5) is 0 Å². The van der Waals surface area contributed by atoms with E-state index in [1.165, 1.54) is 0 Å². The molecule has 0 aliphatic rings. The molecule has 0 radical (unpaired) electrons. The minimum atomic E-state index is -0.929. The van der Waals surface area contributed by atoms with Crippen molar-refractivity contribution in [2.75, 3.05) is 0 Å². The summed E-state index contributed by atoms with van der Waals surface area (Å²) in [5.74, 6) is -0.929. The zero-order valence-electron chi connectivity index (χ0n) is 10.9. The zero-order chi connectivity index (χ0) is 14.0. The molecule has 2 rings (SSSR count). The first-order valence-corrected chi connectivity index (χ1v) is 6.50. The fourth-order valence-corrected chi connectivity index (χ4v) is 2.21. The van der Waals surface area contributed by atoms with Crippen LogP contribution >= 0.6 is 11.6 Å². The van der Waals surface area contributed by atoms with Crippen LogP contribution in [-0.2, 0) is 6.42 Å². The molecule has 0 saturated carbocycles. The number of benzene rings is 1. The van der Waals surface area contributed by atoms with Gasteiger partial charge in [-0.15, -0.1) is 0 Å². The molecule has 0 amide bonds. The molecule has 0 unspecified atom stereocenters. The van der Waals surface area contributed by atoms with Crippen molar-refractivity contribution in [2.24, 2.45) is 0 Å². The number of hydrogen-bond acceptors (Lipinski definition) is 2. The Morgan fingerprint density at radius 2 is 2.00 bits per heavy atom. The van der Waals surface area contributed by atoms with Gasteiger partial charge in [0.25, 0.3) is 0 Å². The van der Waals surface area contributed by atoms with Crippen molar-refractivity contribution in [3.63, 3.8) is 0 Å². The molecule has 2 aromatic rings. The number of halogens is 1. The number of aryl methyl sites for hydroxylation is 1. The second-order valence-electron chi connectivity index (χ2n) is 4.35. The van der Waals surface area contributed by atoms with Gasteiger partial charge in [-0.25, -0.2) is 9.48 Å². The Morgan fingerprint density at radius 3 is 2.53 bits per heavy atom. The third kappa shape index (κ3) is 2.63. The summed E-state index contributed by atoms with van der Waals surface area (Å²) in [7, 11) is 0. The second-order valence-corrected chi connectivity index (χ2v) is 4.79. The molecule has 1 aromatic carbocycles. The third-order valence-corrected chi connectivity index (χ3v) is 3.21. The largest absolute Gasteiger partial charge is 0.478 e. The van der Waals surface area contributed by atoms with Gasteiger partial charge in [-0.05, 0) is 37.6 Å². The maximum absolute atomic E-state index is 11.3. The van der Waals surface area contributed by atoms with Crippen molar-refractivity contribution in [1.29, 1.82) is 0 Å². The van der Waals surface area contributed by atoms with Crippen molar-refractivity contribution >= 4 is 17.6 Å². The van der Waals surface area contributed by atoms with Crippen LogP contribution in [-0.4, -0.2) is 20.9 Å². The number of nitrogens with zero attached hydrogens (tertiary/aromatic N) is 2. The van der Waals surface area contributed by atoms with E-state index in [1.54, 1.807) is 23.7 Å². The Kier molecular flexibility index (Phi) is 3.90. The predicted molar refractivity (Wildman–Crippen MR) is 74.3 cm³/mol. The van der Waals surface area contributed by atoms with Crippen molar-refractivity contribution in [3.05, 3.63) is 46.2 Å². The Balaban J connectivity index is 2.55. The Bertz CT molecular complexity index is 603. The molecule has 1 heterocycles. The highest BCUT2D eigenvalue weighted by atomic mass is 35.5. The topological polar surface area (TPSA) is 55.1 Å². The Morgan fingerprint density at radius 1 is 1.37 bits per heavy atom. The zero-order valence-corrected chi connectivity index (χ0v) is 11.6. The molecule has 1 aromatic heterocycles. The summed E-state index contributed by atoms with van der Waals surface area (Å²) in [4.78, 5) is 11.3. The van der Waals surface area contributed by atoms with Crippen LogP contribution in [0, 0.1) is 6.92 Å². The molecule has 0 saturated heterocycles. The van der Waals surface area contributed by atoms with E-state index in [9.17, 15) is 9.90 Å². The minimum Gasteiger partial charge on any atom is -0.478 e. The van der Waals surface area contributed by atoms with Crippen molar-refractivity contribution in [2.45, 2.75) is 26.7 Å². The van der Waals surface area contributed by atoms with Crippen LogP contribution in [0.5, 0.6) is 0 Å². The Hall–Kier alpha value is -1.81. The summed E-state index contributed by atoms with van der Waals surface area (Å²) in [6.07, 6.45) is 1.51. The highest BCUT2D eigenvalue weighted by Crippen LogP contribution is 2.21. The third-order valence-electron chi connectivity index (χ3n) is 2.96. The van der Waals surface area contributed by atoms with Gasteiger partial charge in [-0.3, -0.25) is 0 Å². The lowest BCUT2D eigenvalue weighted by Gasteiger charge is -2.04. The lowest BCUT2D eigenvalue weighted by Crippen LogP contribution is -2.03. The van der Waals surface area contributed by atoms with E-state index >= 15 is 0 Å². The van der Waals surface area contributed by atoms with E-state index < -0.39 is 5.97 Å². The fraction of sp³-hybridized carbons (Fsp3) is 0.286. The molecule has 0 atom stereocenters. The van der Waals surface area contributed by atoms with Crippen molar-refractivity contribution < 1.29 is 9.90 Å². The maximum Gasteiger partial charge on any atom is 0.339 e. The average Bonchev–Trinajstić information content (AvgIpc) is 2.68. The number of carbonyl (C=O) groups is 1. The molecule has 4 nitrogen and oxygen atoms in total. The molecule has 5 heteroatoms. The smallest absolute Gasteiger partial charge is 0.339 e. The molecule has 1 N–H and O–H groups in total. The van der Waals surface area contributed by atoms with Gasteiger partial charge in [0, 0.05) is 5.02 Å². The molecule has 0 bridgehead atoms. The Labute approximate surface area is 116 Å². The average molecular weight is 279 g/mol. The first-order valence-electron chi connectivity index (χ1n) is 6.12. The molecule has 0 fully saturated rings. The van der Waals surface area contributed by atoms with Gasteiger partial charge < -0.3 is 5.11 Å². The predicted octanol–water partition coefficient (Wildman–Crippen LogP) is 3.48. The lowest BCUT2D eigenvalue weighted by molar-refractivity contribution is 0.0695. The summed E-state index contributed by atoms with van der Waals surface area (Å²) < 4.78 is 1.66. The van der Waals surface area contributed by atoms with Gasteiger partial charge in [0.2, 0.25) is 0 Å². The van der Waals surface area contributed by atoms with Crippen LogP contribution in [0.1, 0.15) is 35.1 Å². The highest BCUT2D eigenvalue weighted by Gasteiger charge is 2.20. The van der Waals surface area contributed by atoms with Gasteiger partial charge in [0.15, 0.2) is 0 Å². The molecule has 0 spiro atoms. The first kappa shape index (κ1) is 13.6. The van der Waals surface area contributed by atoms with Crippen LogP contribution in [0.2, 0.25) is 5.02 Å². The van der Waals surface area contributed by atoms with E-state index in [2.05, 4.69) is 5.10 Å². The number of carboxylic acid groups (broad SMARTS) is 1. The standard InChI is InChI=1S/C14H15ClN2O2/c1-3-4-12-13(14(18)19)9(2)17(16-12)11-7-5-10(15)6-8-11/h5-8H,3-4H2,1-2H3,(H,18,19). The minimum absolute atomic E-state index is 0.303. The van der Waals surface area contributed by atoms with E-state index in [0.29, 0.717) is 28.4 Å². The van der Waals surface area contributed by atoms with Gasteiger partial charge in [-0.2, -0.15) is 5.10 Å². The van der Waals surface area contributed by atoms with E-state index in [-0.39, 0.29) is 0 Å². The fourth-order valence-electron chi connectivity index (χ4n) is 2.08. The number of hydrogen-bond donors (Lipinski definition) is 1. The number of carboxylic acids is 1. The van der Waals surface area contributed by atoms with E-state index in [4.69, 9.17) is 11.6 Å². The van der Waals surface area contributed by atoms with Crippen molar-refractivity contribution in [1.82, 2.24) is 9.78 Å². The maximum atomic E-state index is 11.3. The first-order chi connectivity index (χ1) is 9.04. The molecule has 0 aliphatic carbocycles. The highest BCUT2D eigenvalue weighted by molar-refractivity contribution is 6.30. The van der Waals surface area contributed by atoms with Crippen LogP contribution < -0.4 is 0 Å². The SMILES string of the molecule is CCCc1nn(-c2ccc(Cl)cc2)c(C)c1C(=O)O. The molecular formula is C14H15ClN2O2. The van der Waals surface area contributed by atoms with Gasteiger partial charge in [0.05, 0.1) is 17.1 Å². The number of aromatic carboxylic acids is 1. The lowest BCUT2D eigenvalue weighted by atomic mass is 10.1. The molecule has 19 heavy (non-hydrogen) atoms. The summed E-state index contributed by atoms with van der Waals surface area (Å²) in [6, 6.07) is 7.17. The monoisotopic (exact) mass is 278 g/mol.